The highest BCUT2D eigenvalue weighted by molar-refractivity contribution is 5.34. The summed E-state index contributed by atoms with van der Waals surface area (Å²) in [6, 6.07) is 8.18. The predicted molar refractivity (Wildman–Crippen MR) is 70.7 cm³/mol. The average Bonchev–Trinajstić information content (AvgIpc) is 2.42. The zero-order chi connectivity index (χ0) is 15.6. The van der Waals surface area contributed by atoms with Crippen molar-refractivity contribution in [3.63, 3.8) is 0 Å². The van der Waals surface area contributed by atoms with Gasteiger partial charge in [0.2, 0.25) is 0 Å². The molecule has 6 heteroatoms. The number of aryl methyl sites for hydroxylation is 1. The number of hydrogen-bond donors (Lipinski definition) is 0. The van der Waals surface area contributed by atoms with Crippen molar-refractivity contribution in [2.75, 3.05) is 0 Å². The second-order valence-electron chi connectivity index (χ2n) is 4.62. The van der Waals surface area contributed by atoms with Gasteiger partial charge in [-0.15, -0.1) is 0 Å². The molecule has 2 aromatic rings. The molecule has 0 saturated carbocycles. The van der Waals surface area contributed by atoms with Gasteiger partial charge in [-0.1, -0.05) is 12.1 Å². The van der Waals surface area contributed by atoms with E-state index in [9.17, 15) is 18.0 Å². The zero-order valence-corrected chi connectivity index (χ0v) is 11.1. The molecular weight excluding hydrogens is 281 g/mol. The molecule has 1 heterocycles. The van der Waals surface area contributed by atoms with Crippen molar-refractivity contribution in [2.45, 2.75) is 19.6 Å². The minimum absolute atomic E-state index is 0.00414. The van der Waals surface area contributed by atoms with Crippen LogP contribution in [-0.2, 0) is 12.7 Å². The van der Waals surface area contributed by atoms with Gasteiger partial charge in [0.05, 0.1) is 12.1 Å². The van der Waals surface area contributed by atoms with Crippen molar-refractivity contribution in [3.05, 3.63) is 69.1 Å². The normalized spacial score (nSPS) is 11.2. The summed E-state index contributed by atoms with van der Waals surface area (Å²) < 4.78 is 39.2. The lowest BCUT2D eigenvalue weighted by Crippen LogP contribution is -2.23. The molecule has 0 unspecified atom stereocenters. The highest BCUT2D eigenvalue weighted by Crippen LogP contribution is 2.29. The summed E-state index contributed by atoms with van der Waals surface area (Å²) in [5, 5.41) is 8.93. The fourth-order valence-electron chi connectivity index (χ4n) is 1.97. The Balaban J connectivity index is 2.41. The van der Waals surface area contributed by atoms with Crippen LogP contribution in [0.1, 0.15) is 22.3 Å². The summed E-state index contributed by atoms with van der Waals surface area (Å²) >= 11 is 0. The van der Waals surface area contributed by atoms with Crippen LogP contribution in [0, 0.1) is 18.3 Å². The Labute approximate surface area is 118 Å². The van der Waals surface area contributed by atoms with E-state index < -0.39 is 17.3 Å². The van der Waals surface area contributed by atoms with Crippen molar-refractivity contribution in [3.8, 4) is 6.07 Å². The van der Waals surface area contributed by atoms with Gasteiger partial charge < -0.3 is 4.57 Å². The lowest BCUT2D eigenvalue weighted by molar-refractivity contribution is -0.137. The Morgan fingerprint density at radius 2 is 2.00 bits per heavy atom. The smallest absolute Gasteiger partial charge is 0.310 e. The van der Waals surface area contributed by atoms with Gasteiger partial charge in [-0.3, -0.25) is 4.79 Å². The first-order chi connectivity index (χ1) is 9.82. The highest BCUT2D eigenvalue weighted by atomic mass is 19.4. The standard InChI is InChI=1S/C15H11F3N2O/c1-10-5-6-20(14(21)13(10)8-19)9-11-3-2-4-12(7-11)15(16,17)18/h2-7H,9H2,1H3. The molecule has 0 aliphatic rings. The molecular formula is C15H11F3N2O. The van der Waals surface area contributed by atoms with Gasteiger partial charge in [0.25, 0.3) is 5.56 Å². The summed E-state index contributed by atoms with van der Waals surface area (Å²) in [7, 11) is 0. The fourth-order valence-corrected chi connectivity index (χ4v) is 1.97. The van der Waals surface area contributed by atoms with Crippen LogP contribution >= 0.6 is 0 Å². The van der Waals surface area contributed by atoms with Crippen LogP contribution in [0.4, 0.5) is 13.2 Å². The van der Waals surface area contributed by atoms with E-state index in [0.29, 0.717) is 11.1 Å². The Kier molecular flexibility index (Phi) is 3.85. The summed E-state index contributed by atoms with van der Waals surface area (Å²) in [6.45, 7) is 1.62. The number of nitriles is 1. The molecule has 1 aromatic heterocycles. The highest BCUT2D eigenvalue weighted by Gasteiger charge is 2.30. The van der Waals surface area contributed by atoms with E-state index in [-0.39, 0.29) is 12.1 Å². The largest absolute Gasteiger partial charge is 0.416 e. The third kappa shape index (κ3) is 3.14. The quantitative estimate of drug-likeness (QED) is 0.854. The molecule has 0 radical (unpaired) electrons. The average molecular weight is 292 g/mol. The summed E-state index contributed by atoms with van der Waals surface area (Å²) in [5.74, 6) is 0. The van der Waals surface area contributed by atoms with Gasteiger partial charge in [-0.25, -0.2) is 0 Å². The van der Waals surface area contributed by atoms with Gasteiger partial charge >= 0.3 is 6.18 Å². The fraction of sp³-hybridized carbons (Fsp3) is 0.200. The third-order valence-corrected chi connectivity index (χ3v) is 3.09. The second-order valence-corrected chi connectivity index (χ2v) is 4.62. The molecule has 21 heavy (non-hydrogen) atoms. The van der Waals surface area contributed by atoms with Crippen LogP contribution in [0.3, 0.4) is 0 Å². The molecule has 0 bridgehead atoms. The molecule has 0 fully saturated rings. The summed E-state index contributed by atoms with van der Waals surface area (Å²) in [6.07, 6.45) is -2.95. The molecule has 0 spiro atoms. The number of benzene rings is 1. The number of rotatable bonds is 2. The molecule has 1 aromatic carbocycles. The van der Waals surface area contributed by atoms with E-state index >= 15 is 0 Å². The third-order valence-electron chi connectivity index (χ3n) is 3.09. The van der Waals surface area contributed by atoms with E-state index in [0.717, 1.165) is 12.1 Å². The summed E-state index contributed by atoms with van der Waals surface area (Å²) in [5.41, 5.74) is -0.373. The molecule has 0 saturated heterocycles. The van der Waals surface area contributed by atoms with Crippen molar-refractivity contribution in [2.24, 2.45) is 0 Å². The minimum atomic E-state index is -4.42. The maximum Gasteiger partial charge on any atom is 0.416 e. The second kappa shape index (κ2) is 5.44. The van der Waals surface area contributed by atoms with Gasteiger partial charge in [0.15, 0.2) is 0 Å². The molecule has 0 atom stereocenters. The van der Waals surface area contributed by atoms with Gasteiger partial charge in [-0.05, 0) is 36.2 Å². The molecule has 0 aliphatic heterocycles. The zero-order valence-electron chi connectivity index (χ0n) is 11.1. The van der Waals surface area contributed by atoms with E-state index in [1.165, 1.54) is 22.9 Å². The van der Waals surface area contributed by atoms with E-state index in [1.807, 2.05) is 6.07 Å². The topological polar surface area (TPSA) is 45.8 Å². The Morgan fingerprint density at radius 3 is 2.62 bits per heavy atom. The molecule has 0 N–H and O–H groups in total. The first-order valence-corrected chi connectivity index (χ1v) is 6.09. The molecule has 0 aliphatic carbocycles. The Bertz CT molecular complexity index is 770. The summed E-state index contributed by atoms with van der Waals surface area (Å²) in [4.78, 5) is 12.0. The number of halogens is 3. The molecule has 108 valence electrons. The van der Waals surface area contributed by atoms with Crippen molar-refractivity contribution >= 4 is 0 Å². The number of hydrogen-bond acceptors (Lipinski definition) is 2. The van der Waals surface area contributed by atoms with Crippen LogP contribution in [-0.4, -0.2) is 4.57 Å². The number of alkyl halides is 3. The number of pyridine rings is 1. The predicted octanol–water partition coefficient (Wildman–Crippen LogP) is 3.10. The Hall–Kier alpha value is -2.55. The van der Waals surface area contributed by atoms with Crippen LogP contribution < -0.4 is 5.56 Å². The first-order valence-electron chi connectivity index (χ1n) is 6.09. The lowest BCUT2D eigenvalue weighted by Gasteiger charge is -2.10. The molecule has 0 amide bonds. The van der Waals surface area contributed by atoms with Crippen molar-refractivity contribution in [1.29, 1.82) is 5.26 Å². The number of nitrogens with zero attached hydrogens (tertiary/aromatic N) is 2. The minimum Gasteiger partial charge on any atom is -0.310 e. The first kappa shape index (κ1) is 14.9. The maximum atomic E-state index is 12.6. The molecule has 3 nitrogen and oxygen atoms in total. The Morgan fingerprint density at radius 1 is 1.29 bits per heavy atom. The lowest BCUT2D eigenvalue weighted by atomic mass is 10.1. The van der Waals surface area contributed by atoms with Crippen molar-refractivity contribution < 1.29 is 13.2 Å². The van der Waals surface area contributed by atoms with Crippen LogP contribution in [0.25, 0.3) is 0 Å². The van der Waals surface area contributed by atoms with Gasteiger partial charge in [0, 0.05) is 6.20 Å². The van der Waals surface area contributed by atoms with Gasteiger partial charge in [-0.2, -0.15) is 18.4 Å². The maximum absolute atomic E-state index is 12.6. The van der Waals surface area contributed by atoms with Gasteiger partial charge in [0.1, 0.15) is 11.6 Å². The molecule has 2 rings (SSSR count). The van der Waals surface area contributed by atoms with E-state index in [4.69, 9.17) is 5.26 Å². The van der Waals surface area contributed by atoms with Crippen LogP contribution in [0.5, 0.6) is 0 Å². The van der Waals surface area contributed by atoms with Crippen molar-refractivity contribution in [1.82, 2.24) is 4.57 Å². The van der Waals surface area contributed by atoms with E-state index in [1.54, 1.807) is 13.0 Å². The SMILES string of the molecule is Cc1ccn(Cc2cccc(C(F)(F)F)c2)c(=O)c1C#N. The van der Waals surface area contributed by atoms with Crippen LogP contribution in [0.2, 0.25) is 0 Å². The number of aromatic nitrogens is 1. The monoisotopic (exact) mass is 292 g/mol. The van der Waals surface area contributed by atoms with E-state index in [2.05, 4.69) is 0 Å². The van der Waals surface area contributed by atoms with Crippen LogP contribution in [0.15, 0.2) is 41.3 Å².